The summed E-state index contributed by atoms with van der Waals surface area (Å²) in [4.78, 5) is 0. The Morgan fingerprint density at radius 2 is 1.64 bits per heavy atom. The van der Waals surface area contributed by atoms with E-state index in [9.17, 15) is 0 Å². The van der Waals surface area contributed by atoms with E-state index < -0.39 is 0 Å². The maximum absolute atomic E-state index is 5.43. The molecule has 0 spiro atoms. The lowest BCUT2D eigenvalue weighted by molar-refractivity contribution is 0.256. The van der Waals surface area contributed by atoms with Crippen LogP contribution in [0.4, 0.5) is 0 Å². The van der Waals surface area contributed by atoms with Crippen LogP contribution in [0.5, 0.6) is 0 Å². The number of hydrogen-bond acceptors (Lipinski definition) is 1. The minimum atomic E-state index is 0.911. The first kappa shape index (κ1) is 13.3. The SMILES string of the molecule is CC.CC.CC1=CC2=C(CCO2)CC1. The number of ether oxygens (including phenoxy) is 1. The fraction of sp³-hybridized carbons (Fsp3) is 0.692. The summed E-state index contributed by atoms with van der Waals surface area (Å²) in [6, 6.07) is 0. The van der Waals surface area contributed by atoms with Crippen molar-refractivity contribution in [2.24, 2.45) is 0 Å². The Labute approximate surface area is 88.9 Å². The van der Waals surface area contributed by atoms with E-state index in [1.807, 2.05) is 27.7 Å². The molecule has 0 fully saturated rings. The lowest BCUT2D eigenvalue weighted by Crippen LogP contribution is -1.92. The lowest BCUT2D eigenvalue weighted by Gasteiger charge is -2.09. The van der Waals surface area contributed by atoms with Gasteiger partial charge in [0.05, 0.1) is 6.61 Å². The first-order valence-corrected chi connectivity index (χ1v) is 5.88. The molecular formula is C13H24O. The van der Waals surface area contributed by atoms with Crippen molar-refractivity contribution < 1.29 is 4.74 Å². The molecule has 1 aliphatic heterocycles. The molecule has 1 nitrogen and oxygen atoms in total. The van der Waals surface area contributed by atoms with E-state index >= 15 is 0 Å². The van der Waals surface area contributed by atoms with Crippen LogP contribution in [0.15, 0.2) is 23.0 Å². The van der Waals surface area contributed by atoms with Gasteiger partial charge in [0.25, 0.3) is 0 Å². The van der Waals surface area contributed by atoms with E-state index in [2.05, 4.69) is 13.0 Å². The van der Waals surface area contributed by atoms with Crippen LogP contribution in [-0.4, -0.2) is 6.61 Å². The molecule has 2 aliphatic rings. The summed E-state index contributed by atoms with van der Waals surface area (Å²) in [6.45, 7) is 11.1. The van der Waals surface area contributed by atoms with Crippen LogP contribution in [0.3, 0.4) is 0 Å². The molecule has 0 aromatic rings. The Morgan fingerprint density at radius 1 is 1.00 bits per heavy atom. The van der Waals surface area contributed by atoms with Gasteiger partial charge in [-0.1, -0.05) is 33.3 Å². The molecule has 1 heterocycles. The third kappa shape index (κ3) is 3.57. The van der Waals surface area contributed by atoms with E-state index in [-0.39, 0.29) is 0 Å². The molecule has 1 aliphatic carbocycles. The predicted molar refractivity (Wildman–Crippen MR) is 63.3 cm³/mol. The van der Waals surface area contributed by atoms with Crippen LogP contribution in [0.25, 0.3) is 0 Å². The molecule has 0 N–H and O–H groups in total. The van der Waals surface area contributed by atoms with Crippen LogP contribution >= 0.6 is 0 Å². The highest BCUT2D eigenvalue weighted by atomic mass is 16.5. The lowest BCUT2D eigenvalue weighted by atomic mass is 9.98. The predicted octanol–water partition coefficient (Wildman–Crippen LogP) is 4.45. The second-order valence-corrected chi connectivity index (χ2v) is 3.06. The van der Waals surface area contributed by atoms with Gasteiger partial charge in [-0.2, -0.15) is 0 Å². The van der Waals surface area contributed by atoms with Crippen LogP contribution in [0, 0.1) is 0 Å². The average Bonchev–Trinajstić information content (AvgIpc) is 2.71. The van der Waals surface area contributed by atoms with Crippen molar-refractivity contribution in [3.05, 3.63) is 23.0 Å². The average molecular weight is 196 g/mol. The summed E-state index contributed by atoms with van der Waals surface area (Å²) in [5.74, 6) is 1.17. The second-order valence-electron chi connectivity index (χ2n) is 3.06. The third-order valence-corrected chi connectivity index (χ3v) is 2.21. The molecule has 14 heavy (non-hydrogen) atoms. The van der Waals surface area contributed by atoms with E-state index in [1.165, 1.54) is 36.2 Å². The molecule has 1 heteroatoms. The van der Waals surface area contributed by atoms with Gasteiger partial charge in [0.1, 0.15) is 5.76 Å². The largest absolute Gasteiger partial charge is 0.493 e. The summed E-state index contributed by atoms with van der Waals surface area (Å²) < 4.78 is 5.43. The molecule has 0 aromatic carbocycles. The molecule has 0 radical (unpaired) electrons. The molecule has 0 aromatic heterocycles. The molecule has 0 saturated carbocycles. The zero-order chi connectivity index (χ0) is 11.0. The van der Waals surface area contributed by atoms with Crippen molar-refractivity contribution in [3.8, 4) is 0 Å². The first-order chi connectivity index (χ1) is 6.86. The molecule has 0 amide bonds. The highest BCUT2D eigenvalue weighted by Crippen LogP contribution is 2.30. The standard InChI is InChI=1S/C9H12O.2C2H6/c1-7-2-3-8-4-5-10-9(8)6-7;2*1-2/h6H,2-5H2,1H3;2*1-2H3. The fourth-order valence-corrected chi connectivity index (χ4v) is 1.55. The van der Waals surface area contributed by atoms with Crippen molar-refractivity contribution in [1.82, 2.24) is 0 Å². The molecular weight excluding hydrogens is 172 g/mol. The molecule has 0 atom stereocenters. The molecule has 0 unspecified atom stereocenters. The van der Waals surface area contributed by atoms with Crippen LogP contribution < -0.4 is 0 Å². The van der Waals surface area contributed by atoms with Gasteiger partial charge in [-0.25, -0.2) is 0 Å². The number of hydrogen-bond donors (Lipinski definition) is 0. The van der Waals surface area contributed by atoms with Crippen molar-refractivity contribution in [2.75, 3.05) is 6.61 Å². The Hall–Kier alpha value is -0.720. The minimum Gasteiger partial charge on any atom is -0.493 e. The van der Waals surface area contributed by atoms with Crippen molar-refractivity contribution >= 4 is 0 Å². The van der Waals surface area contributed by atoms with Crippen molar-refractivity contribution in [2.45, 2.75) is 53.9 Å². The number of allylic oxidation sites excluding steroid dienone is 2. The molecule has 2 rings (SSSR count). The Bertz CT molecular complexity index is 211. The maximum atomic E-state index is 5.43. The molecule has 0 saturated heterocycles. The fourth-order valence-electron chi connectivity index (χ4n) is 1.55. The van der Waals surface area contributed by atoms with Gasteiger partial charge >= 0.3 is 0 Å². The number of rotatable bonds is 0. The van der Waals surface area contributed by atoms with Crippen LogP contribution in [0.2, 0.25) is 0 Å². The topological polar surface area (TPSA) is 9.23 Å². The van der Waals surface area contributed by atoms with Gasteiger partial charge in [-0.15, -0.1) is 0 Å². The van der Waals surface area contributed by atoms with E-state index in [1.54, 1.807) is 0 Å². The Morgan fingerprint density at radius 3 is 2.29 bits per heavy atom. The monoisotopic (exact) mass is 196 g/mol. The van der Waals surface area contributed by atoms with Gasteiger partial charge in [-0.3, -0.25) is 0 Å². The van der Waals surface area contributed by atoms with Gasteiger partial charge in [0.15, 0.2) is 0 Å². The van der Waals surface area contributed by atoms with E-state index in [0.29, 0.717) is 0 Å². The van der Waals surface area contributed by atoms with Crippen molar-refractivity contribution in [3.63, 3.8) is 0 Å². The zero-order valence-electron chi connectivity index (χ0n) is 10.3. The summed E-state index contributed by atoms with van der Waals surface area (Å²) >= 11 is 0. The highest BCUT2D eigenvalue weighted by molar-refractivity contribution is 5.30. The third-order valence-electron chi connectivity index (χ3n) is 2.21. The Kier molecular flexibility index (Phi) is 7.27. The summed E-state index contributed by atoms with van der Waals surface area (Å²) in [5, 5.41) is 0. The second kappa shape index (κ2) is 7.66. The quantitative estimate of drug-likeness (QED) is 0.556. The molecule has 82 valence electrons. The summed E-state index contributed by atoms with van der Waals surface area (Å²) in [6.07, 6.45) is 5.82. The van der Waals surface area contributed by atoms with Crippen molar-refractivity contribution in [1.29, 1.82) is 0 Å². The summed E-state index contributed by atoms with van der Waals surface area (Å²) in [7, 11) is 0. The Balaban J connectivity index is 0.000000379. The summed E-state index contributed by atoms with van der Waals surface area (Å²) in [5.41, 5.74) is 2.99. The van der Waals surface area contributed by atoms with E-state index in [4.69, 9.17) is 4.74 Å². The zero-order valence-corrected chi connectivity index (χ0v) is 10.3. The highest BCUT2D eigenvalue weighted by Gasteiger charge is 2.17. The molecule has 0 bridgehead atoms. The smallest absolute Gasteiger partial charge is 0.118 e. The maximum Gasteiger partial charge on any atom is 0.118 e. The van der Waals surface area contributed by atoms with Gasteiger partial charge in [0.2, 0.25) is 0 Å². The first-order valence-electron chi connectivity index (χ1n) is 5.88. The van der Waals surface area contributed by atoms with Gasteiger partial charge < -0.3 is 4.74 Å². The van der Waals surface area contributed by atoms with Crippen LogP contribution in [0.1, 0.15) is 53.9 Å². The minimum absolute atomic E-state index is 0.911. The van der Waals surface area contributed by atoms with Gasteiger partial charge in [-0.05, 0) is 31.4 Å². The van der Waals surface area contributed by atoms with E-state index in [0.717, 1.165) is 6.61 Å². The van der Waals surface area contributed by atoms with Crippen LogP contribution in [-0.2, 0) is 4.74 Å². The van der Waals surface area contributed by atoms with Gasteiger partial charge in [0, 0.05) is 6.42 Å². The normalized spacial score (nSPS) is 17.9.